The van der Waals surface area contributed by atoms with E-state index in [0.717, 1.165) is 30.4 Å². The van der Waals surface area contributed by atoms with Crippen molar-refractivity contribution < 1.29 is 4.79 Å². The van der Waals surface area contributed by atoms with Crippen LogP contribution in [0.5, 0.6) is 0 Å². The van der Waals surface area contributed by atoms with Gasteiger partial charge in [-0.15, -0.1) is 10.2 Å². The summed E-state index contributed by atoms with van der Waals surface area (Å²) in [5, 5.41) is 7.85. The van der Waals surface area contributed by atoms with Crippen molar-refractivity contribution in [1.29, 1.82) is 0 Å². The molecule has 0 bridgehead atoms. The zero-order valence-corrected chi connectivity index (χ0v) is 14.5. The third kappa shape index (κ3) is 2.60. The van der Waals surface area contributed by atoms with Crippen molar-refractivity contribution in [2.45, 2.75) is 30.7 Å². The maximum Gasteiger partial charge on any atom is 0.232 e. The van der Waals surface area contributed by atoms with E-state index in [-0.39, 0.29) is 11.8 Å². The van der Waals surface area contributed by atoms with Crippen LogP contribution in [0.15, 0.2) is 73.3 Å². The van der Waals surface area contributed by atoms with Crippen LogP contribution in [0.1, 0.15) is 36.4 Å². The minimum absolute atomic E-state index is 0.122. The van der Waals surface area contributed by atoms with Gasteiger partial charge >= 0.3 is 0 Å². The van der Waals surface area contributed by atoms with E-state index in [1.807, 2.05) is 65.2 Å². The first kappa shape index (κ1) is 16.5. The molecule has 0 saturated heterocycles. The summed E-state index contributed by atoms with van der Waals surface area (Å²) in [6, 6.07) is 20.2. The number of rotatable bonds is 5. The monoisotopic (exact) mass is 346 g/mol. The van der Waals surface area contributed by atoms with Crippen molar-refractivity contribution in [2.75, 3.05) is 0 Å². The van der Waals surface area contributed by atoms with E-state index in [0.29, 0.717) is 6.04 Å². The van der Waals surface area contributed by atoms with Gasteiger partial charge in [-0.1, -0.05) is 60.7 Å². The zero-order valence-electron chi connectivity index (χ0n) is 14.5. The van der Waals surface area contributed by atoms with Crippen molar-refractivity contribution in [3.8, 4) is 0 Å². The summed E-state index contributed by atoms with van der Waals surface area (Å²) in [4.78, 5) is 13.0. The number of nitrogens with two attached hydrogens (primary N) is 1. The molecule has 1 fully saturated rings. The second-order valence-electron chi connectivity index (χ2n) is 6.98. The molecule has 0 radical (unpaired) electrons. The van der Waals surface area contributed by atoms with Gasteiger partial charge in [-0.05, 0) is 36.3 Å². The molecule has 5 heteroatoms. The van der Waals surface area contributed by atoms with Crippen molar-refractivity contribution in [3.05, 3.63) is 84.4 Å². The number of hydrogen-bond donors (Lipinski definition) is 1. The van der Waals surface area contributed by atoms with Crippen LogP contribution in [-0.2, 0) is 10.2 Å². The fourth-order valence-electron chi connectivity index (χ4n) is 4.54. The number of aromatic nitrogens is 3. The molecule has 4 rings (SSSR count). The van der Waals surface area contributed by atoms with Gasteiger partial charge in [-0.25, -0.2) is 0 Å². The molecule has 5 nitrogen and oxygen atoms in total. The highest BCUT2D eigenvalue weighted by Crippen LogP contribution is 2.49. The van der Waals surface area contributed by atoms with Crippen LogP contribution < -0.4 is 5.73 Å². The molecule has 132 valence electrons. The molecular weight excluding hydrogens is 324 g/mol. The summed E-state index contributed by atoms with van der Waals surface area (Å²) in [5.41, 5.74) is 7.21. The van der Waals surface area contributed by atoms with Crippen molar-refractivity contribution >= 4 is 5.91 Å². The molecule has 1 aromatic heterocycles. The Morgan fingerprint density at radius 3 is 1.96 bits per heavy atom. The van der Waals surface area contributed by atoms with Gasteiger partial charge in [-0.3, -0.25) is 4.79 Å². The fourth-order valence-corrected chi connectivity index (χ4v) is 4.54. The predicted octanol–water partition coefficient (Wildman–Crippen LogP) is 3.09. The highest BCUT2D eigenvalue weighted by Gasteiger charge is 2.50. The maximum absolute atomic E-state index is 13.0. The average molecular weight is 346 g/mol. The summed E-state index contributed by atoms with van der Waals surface area (Å²) in [5.74, 6) is -0.165. The van der Waals surface area contributed by atoms with Gasteiger partial charge in [0, 0.05) is 6.04 Å². The molecule has 3 aromatic rings. The van der Waals surface area contributed by atoms with Gasteiger partial charge < -0.3 is 10.3 Å². The highest BCUT2D eigenvalue weighted by molar-refractivity contribution is 5.91. The second kappa shape index (κ2) is 6.75. The molecule has 0 aliphatic heterocycles. The first-order valence-electron chi connectivity index (χ1n) is 8.98. The van der Waals surface area contributed by atoms with Crippen LogP contribution in [0.3, 0.4) is 0 Å². The first-order valence-corrected chi connectivity index (χ1v) is 8.98. The summed E-state index contributed by atoms with van der Waals surface area (Å²) in [6.45, 7) is 0. The minimum Gasteiger partial charge on any atom is -0.369 e. The third-order valence-corrected chi connectivity index (χ3v) is 5.72. The molecule has 0 spiro atoms. The molecule has 1 aliphatic rings. The molecule has 2 atom stereocenters. The number of nitrogens with zero attached hydrogens (tertiary/aromatic N) is 3. The Morgan fingerprint density at radius 2 is 1.46 bits per heavy atom. The molecule has 26 heavy (non-hydrogen) atoms. The molecule has 1 amide bonds. The van der Waals surface area contributed by atoms with E-state index in [4.69, 9.17) is 5.73 Å². The van der Waals surface area contributed by atoms with Gasteiger partial charge in [0.25, 0.3) is 0 Å². The van der Waals surface area contributed by atoms with Crippen LogP contribution in [-0.4, -0.2) is 20.7 Å². The SMILES string of the molecule is NC(=O)C(c1ccccc1)(c1ccccc1)C1CCC(n2cnnc2)C1. The van der Waals surface area contributed by atoms with Crippen molar-refractivity contribution in [3.63, 3.8) is 0 Å². The Labute approximate surface area is 152 Å². The van der Waals surface area contributed by atoms with Gasteiger partial charge in [0.2, 0.25) is 5.91 Å². The van der Waals surface area contributed by atoms with E-state index in [9.17, 15) is 4.79 Å². The van der Waals surface area contributed by atoms with E-state index in [2.05, 4.69) is 10.2 Å². The second-order valence-corrected chi connectivity index (χ2v) is 6.98. The fraction of sp³-hybridized carbons (Fsp3) is 0.286. The summed E-state index contributed by atoms with van der Waals surface area (Å²) in [7, 11) is 0. The Hall–Kier alpha value is -2.95. The summed E-state index contributed by atoms with van der Waals surface area (Å²) >= 11 is 0. The van der Waals surface area contributed by atoms with E-state index < -0.39 is 5.41 Å². The first-order chi connectivity index (χ1) is 12.7. The maximum atomic E-state index is 13.0. The van der Waals surface area contributed by atoms with Gasteiger partial charge in [0.1, 0.15) is 18.1 Å². The Morgan fingerprint density at radius 1 is 0.923 bits per heavy atom. The lowest BCUT2D eigenvalue weighted by Gasteiger charge is -2.37. The number of benzene rings is 2. The van der Waals surface area contributed by atoms with Gasteiger partial charge in [0.15, 0.2) is 0 Å². The predicted molar refractivity (Wildman–Crippen MR) is 99.3 cm³/mol. The topological polar surface area (TPSA) is 73.8 Å². The standard InChI is InChI=1S/C21H22N4O/c22-20(26)21(16-7-3-1-4-8-16,17-9-5-2-6-10-17)18-11-12-19(13-18)25-14-23-24-15-25/h1-10,14-15,18-19H,11-13H2,(H2,22,26). The molecule has 1 aliphatic carbocycles. The molecule has 1 saturated carbocycles. The molecule has 2 N–H and O–H groups in total. The number of primary amides is 1. The molecular formula is C21H22N4O. The van der Waals surface area contributed by atoms with E-state index >= 15 is 0 Å². The van der Waals surface area contributed by atoms with Crippen LogP contribution in [0.4, 0.5) is 0 Å². The smallest absolute Gasteiger partial charge is 0.232 e. The van der Waals surface area contributed by atoms with Crippen LogP contribution in [0.2, 0.25) is 0 Å². The summed E-state index contributed by atoms with van der Waals surface area (Å²) < 4.78 is 2.04. The zero-order chi connectivity index (χ0) is 18.0. The number of carbonyl (C=O) groups is 1. The lowest BCUT2D eigenvalue weighted by molar-refractivity contribution is -0.123. The largest absolute Gasteiger partial charge is 0.369 e. The third-order valence-electron chi connectivity index (χ3n) is 5.72. The van der Waals surface area contributed by atoms with Crippen molar-refractivity contribution in [1.82, 2.24) is 14.8 Å². The number of carbonyl (C=O) groups excluding carboxylic acids is 1. The molecule has 1 heterocycles. The molecule has 2 unspecified atom stereocenters. The lowest BCUT2D eigenvalue weighted by atomic mass is 9.64. The van der Waals surface area contributed by atoms with E-state index in [1.54, 1.807) is 12.7 Å². The van der Waals surface area contributed by atoms with Crippen LogP contribution >= 0.6 is 0 Å². The lowest BCUT2D eigenvalue weighted by Crippen LogP contribution is -2.47. The van der Waals surface area contributed by atoms with Gasteiger partial charge in [-0.2, -0.15) is 0 Å². The van der Waals surface area contributed by atoms with Crippen molar-refractivity contribution in [2.24, 2.45) is 11.7 Å². The quantitative estimate of drug-likeness (QED) is 0.771. The Balaban J connectivity index is 1.82. The van der Waals surface area contributed by atoms with E-state index in [1.165, 1.54) is 0 Å². The number of hydrogen-bond acceptors (Lipinski definition) is 3. The summed E-state index contributed by atoms with van der Waals surface area (Å²) in [6.07, 6.45) is 6.28. The van der Waals surface area contributed by atoms with Gasteiger partial charge in [0.05, 0.1) is 0 Å². The highest BCUT2D eigenvalue weighted by atomic mass is 16.1. The Kier molecular flexibility index (Phi) is 4.29. The van der Waals surface area contributed by atoms with Crippen LogP contribution in [0, 0.1) is 5.92 Å². The minimum atomic E-state index is -0.828. The average Bonchev–Trinajstić information content (AvgIpc) is 3.36. The molecule has 2 aromatic carbocycles. The van der Waals surface area contributed by atoms with Crippen LogP contribution in [0.25, 0.3) is 0 Å². The number of amides is 1. The normalized spacial score (nSPS) is 20.2. The Bertz CT molecular complexity index is 822.